The zero-order valence-electron chi connectivity index (χ0n) is 14.6. The highest BCUT2D eigenvalue weighted by molar-refractivity contribution is 7.92. The summed E-state index contributed by atoms with van der Waals surface area (Å²) in [6, 6.07) is 8.93. The Labute approximate surface area is 157 Å². The summed E-state index contributed by atoms with van der Waals surface area (Å²) in [6.07, 6.45) is 0. The Morgan fingerprint density at radius 3 is 2.15 bits per heavy atom. The molecule has 0 atom stereocenters. The fourth-order valence-corrected chi connectivity index (χ4v) is 5.18. The molecule has 1 fully saturated rings. The van der Waals surface area contributed by atoms with Gasteiger partial charge in [-0.1, -0.05) is 0 Å². The summed E-state index contributed by atoms with van der Waals surface area (Å²) < 4.78 is 72.2. The third-order valence-electron chi connectivity index (χ3n) is 4.15. The Bertz CT molecular complexity index is 1030. The number of hydrogen-bond acceptors (Lipinski definition) is 5. The van der Waals surface area contributed by atoms with Crippen LogP contribution in [0.25, 0.3) is 0 Å². The lowest BCUT2D eigenvalue weighted by atomic mass is 10.2. The van der Waals surface area contributed by atoms with E-state index >= 15 is 0 Å². The minimum absolute atomic E-state index is 0.0741. The minimum atomic E-state index is -3.91. The van der Waals surface area contributed by atoms with Crippen molar-refractivity contribution >= 4 is 25.7 Å². The van der Waals surface area contributed by atoms with Crippen LogP contribution in [0.2, 0.25) is 0 Å². The summed E-state index contributed by atoms with van der Waals surface area (Å²) in [6.45, 7) is 2.71. The molecule has 2 aromatic rings. The number of aryl methyl sites for hydroxylation is 1. The number of benzene rings is 2. The molecule has 1 saturated heterocycles. The molecular weight excluding hydrogens is 395 g/mol. The third-order valence-corrected chi connectivity index (χ3v) is 7.45. The number of halogens is 1. The van der Waals surface area contributed by atoms with Crippen molar-refractivity contribution in [1.29, 1.82) is 0 Å². The fourth-order valence-electron chi connectivity index (χ4n) is 2.63. The molecule has 27 heavy (non-hydrogen) atoms. The number of morpholine rings is 1. The molecule has 0 aliphatic carbocycles. The number of anilines is 1. The molecule has 0 bridgehead atoms. The van der Waals surface area contributed by atoms with Crippen LogP contribution in [-0.2, 0) is 24.8 Å². The molecule has 7 nitrogen and oxygen atoms in total. The molecule has 10 heteroatoms. The first-order valence-corrected chi connectivity index (χ1v) is 11.1. The topological polar surface area (TPSA) is 92.8 Å². The summed E-state index contributed by atoms with van der Waals surface area (Å²) in [5, 5.41) is 0. The molecule has 1 N–H and O–H groups in total. The van der Waals surface area contributed by atoms with Gasteiger partial charge in [-0.05, 0) is 55.0 Å². The lowest BCUT2D eigenvalue weighted by Gasteiger charge is -2.26. The summed E-state index contributed by atoms with van der Waals surface area (Å²) in [4.78, 5) is -0.00334. The van der Waals surface area contributed by atoms with Gasteiger partial charge in [0, 0.05) is 18.8 Å². The van der Waals surface area contributed by atoms with E-state index in [4.69, 9.17) is 4.74 Å². The highest BCUT2D eigenvalue weighted by Crippen LogP contribution is 2.22. The van der Waals surface area contributed by atoms with E-state index in [9.17, 15) is 21.2 Å². The Morgan fingerprint density at radius 1 is 0.963 bits per heavy atom. The van der Waals surface area contributed by atoms with Crippen molar-refractivity contribution in [3.05, 3.63) is 53.8 Å². The molecular formula is C17H19FN2O5S2. The molecule has 1 aliphatic heterocycles. The molecule has 0 saturated carbocycles. The maximum Gasteiger partial charge on any atom is 0.261 e. The zero-order valence-corrected chi connectivity index (χ0v) is 16.2. The van der Waals surface area contributed by atoms with E-state index in [1.807, 2.05) is 0 Å². The maximum absolute atomic E-state index is 13.3. The maximum atomic E-state index is 13.3. The first-order valence-electron chi connectivity index (χ1n) is 8.17. The van der Waals surface area contributed by atoms with E-state index in [0.717, 1.165) is 6.07 Å². The molecule has 146 valence electrons. The number of nitrogens with zero attached hydrogens (tertiary/aromatic N) is 1. The average molecular weight is 414 g/mol. The van der Waals surface area contributed by atoms with Gasteiger partial charge in [0.15, 0.2) is 0 Å². The molecule has 0 radical (unpaired) electrons. The molecule has 0 unspecified atom stereocenters. The quantitative estimate of drug-likeness (QED) is 0.807. The van der Waals surface area contributed by atoms with E-state index in [0.29, 0.717) is 13.2 Å². The van der Waals surface area contributed by atoms with Crippen LogP contribution < -0.4 is 4.72 Å². The van der Waals surface area contributed by atoms with Crippen LogP contribution in [0.5, 0.6) is 0 Å². The Balaban J connectivity index is 1.80. The van der Waals surface area contributed by atoms with Crippen LogP contribution in [-0.4, -0.2) is 47.4 Å². The van der Waals surface area contributed by atoms with Gasteiger partial charge in [0.05, 0.1) is 23.0 Å². The van der Waals surface area contributed by atoms with Crippen LogP contribution >= 0.6 is 0 Å². The standard InChI is InChI=1S/C17H19FN2O5S2/c1-13-12-16(6-7-17(13)18)26(21,22)19-14-2-4-15(5-3-14)27(23,24)20-8-10-25-11-9-20/h2-7,12,19H,8-11H2,1H3. The van der Waals surface area contributed by atoms with E-state index in [-0.39, 0.29) is 34.1 Å². The highest BCUT2D eigenvalue weighted by atomic mass is 32.2. The van der Waals surface area contributed by atoms with Crippen molar-refractivity contribution in [1.82, 2.24) is 4.31 Å². The second-order valence-corrected chi connectivity index (χ2v) is 9.68. The van der Waals surface area contributed by atoms with Gasteiger partial charge in [0.2, 0.25) is 10.0 Å². The molecule has 0 aromatic heterocycles. The smallest absolute Gasteiger partial charge is 0.261 e. The fraction of sp³-hybridized carbons (Fsp3) is 0.294. The average Bonchev–Trinajstić information content (AvgIpc) is 2.65. The Morgan fingerprint density at radius 2 is 1.56 bits per heavy atom. The van der Waals surface area contributed by atoms with Crippen molar-refractivity contribution in [2.45, 2.75) is 16.7 Å². The molecule has 1 aliphatic rings. The summed E-state index contributed by atoms with van der Waals surface area (Å²) >= 11 is 0. The van der Waals surface area contributed by atoms with Crippen LogP contribution in [0, 0.1) is 12.7 Å². The van der Waals surface area contributed by atoms with Gasteiger partial charge in [-0.15, -0.1) is 0 Å². The monoisotopic (exact) mass is 414 g/mol. The normalized spacial score (nSPS) is 16.2. The second kappa shape index (κ2) is 7.55. The summed E-state index contributed by atoms with van der Waals surface area (Å²) in [5.41, 5.74) is 0.419. The largest absolute Gasteiger partial charge is 0.379 e. The molecule has 0 amide bonds. The summed E-state index contributed by atoms with van der Waals surface area (Å²) in [5.74, 6) is -0.494. The van der Waals surface area contributed by atoms with Crippen molar-refractivity contribution in [3.63, 3.8) is 0 Å². The third kappa shape index (κ3) is 4.29. The van der Waals surface area contributed by atoms with Gasteiger partial charge < -0.3 is 4.74 Å². The molecule has 3 rings (SSSR count). The predicted octanol–water partition coefficient (Wildman–Crippen LogP) is 1.96. The summed E-state index contributed by atoms with van der Waals surface area (Å²) in [7, 11) is -7.57. The number of sulfonamides is 2. The van der Waals surface area contributed by atoms with Crippen LogP contribution in [0.15, 0.2) is 52.3 Å². The number of hydrogen-bond donors (Lipinski definition) is 1. The Hall–Kier alpha value is -2.01. The van der Waals surface area contributed by atoms with Gasteiger partial charge in [-0.25, -0.2) is 21.2 Å². The van der Waals surface area contributed by atoms with Gasteiger partial charge in [0.25, 0.3) is 10.0 Å². The van der Waals surface area contributed by atoms with Crippen molar-refractivity contribution in [3.8, 4) is 0 Å². The van der Waals surface area contributed by atoms with Gasteiger partial charge >= 0.3 is 0 Å². The van der Waals surface area contributed by atoms with E-state index in [1.54, 1.807) is 0 Å². The van der Waals surface area contributed by atoms with Crippen molar-refractivity contribution in [2.24, 2.45) is 0 Å². The van der Waals surface area contributed by atoms with E-state index in [2.05, 4.69) is 4.72 Å². The number of ether oxygens (including phenoxy) is 1. The van der Waals surface area contributed by atoms with E-state index in [1.165, 1.54) is 47.6 Å². The van der Waals surface area contributed by atoms with Crippen LogP contribution in [0.4, 0.5) is 10.1 Å². The zero-order chi connectivity index (χ0) is 19.7. The molecule has 0 spiro atoms. The van der Waals surface area contributed by atoms with Gasteiger partial charge in [-0.2, -0.15) is 4.31 Å². The lowest BCUT2D eigenvalue weighted by Crippen LogP contribution is -2.40. The second-order valence-electron chi connectivity index (χ2n) is 6.06. The highest BCUT2D eigenvalue weighted by Gasteiger charge is 2.26. The number of rotatable bonds is 5. The molecule has 2 aromatic carbocycles. The van der Waals surface area contributed by atoms with Crippen molar-refractivity contribution in [2.75, 3.05) is 31.0 Å². The Kier molecular flexibility index (Phi) is 5.52. The lowest BCUT2D eigenvalue weighted by molar-refractivity contribution is 0.0730. The first kappa shape index (κ1) is 19.7. The SMILES string of the molecule is Cc1cc(S(=O)(=O)Nc2ccc(S(=O)(=O)N3CCOCC3)cc2)ccc1F. The van der Waals surface area contributed by atoms with Crippen LogP contribution in [0.3, 0.4) is 0 Å². The van der Waals surface area contributed by atoms with Crippen molar-refractivity contribution < 1.29 is 26.0 Å². The minimum Gasteiger partial charge on any atom is -0.379 e. The predicted molar refractivity (Wildman–Crippen MR) is 98.0 cm³/mol. The molecule has 1 heterocycles. The van der Waals surface area contributed by atoms with Gasteiger partial charge in [0.1, 0.15) is 5.82 Å². The van der Waals surface area contributed by atoms with Crippen LogP contribution in [0.1, 0.15) is 5.56 Å². The number of nitrogens with one attached hydrogen (secondary N) is 1. The van der Waals surface area contributed by atoms with Gasteiger partial charge in [-0.3, -0.25) is 4.72 Å². The van der Waals surface area contributed by atoms with E-state index < -0.39 is 25.9 Å². The first-order chi connectivity index (χ1) is 12.7.